The molecular formula is C14H14ClFN2. The Balaban J connectivity index is 2.22. The normalized spacial score (nSPS) is 10.4. The first-order chi connectivity index (χ1) is 8.58. The molecule has 4 heteroatoms. The number of benzene rings is 2. The van der Waals surface area contributed by atoms with Gasteiger partial charge >= 0.3 is 0 Å². The molecule has 0 unspecified atom stereocenters. The Labute approximate surface area is 111 Å². The highest BCUT2D eigenvalue weighted by Crippen LogP contribution is 2.26. The van der Waals surface area contributed by atoms with E-state index in [-0.39, 0.29) is 5.69 Å². The summed E-state index contributed by atoms with van der Waals surface area (Å²) in [5.74, 6) is -0.398. The number of para-hydroxylation sites is 1. The lowest BCUT2D eigenvalue weighted by atomic mass is 10.2. The van der Waals surface area contributed by atoms with Crippen LogP contribution in [0.15, 0.2) is 42.5 Å². The van der Waals surface area contributed by atoms with Crippen molar-refractivity contribution >= 4 is 23.0 Å². The summed E-state index contributed by atoms with van der Waals surface area (Å²) in [6.45, 7) is 0.619. The zero-order valence-corrected chi connectivity index (χ0v) is 10.8. The van der Waals surface area contributed by atoms with Crippen LogP contribution >= 0.6 is 11.6 Å². The van der Waals surface area contributed by atoms with Gasteiger partial charge in [-0.2, -0.15) is 0 Å². The first kappa shape index (κ1) is 12.7. The van der Waals surface area contributed by atoms with E-state index in [0.29, 0.717) is 17.3 Å². The Morgan fingerprint density at radius 2 is 1.94 bits per heavy atom. The van der Waals surface area contributed by atoms with Crippen molar-refractivity contribution in [2.45, 2.75) is 6.54 Å². The molecule has 0 bridgehead atoms. The van der Waals surface area contributed by atoms with Gasteiger partial charge < -0.3 is 10.6 Å². The van der Waals surface area contributed by atoms with Gasteiger partial charge in [-0.05, 0) is 29.8 Å². The summed E-state index contributed by atoms with van der Waals surface area (Å²) < 4.78 is 13.4. The highest BCUT2D eigenvalue weighted by Gasteiger charge is 2.09. The molecule has 0 saturated heterocycles. The number of rotatable bonds is 3. The van der Waals surface area contributed by atoms with Gasteiger partial charge in [0.2, 0.25) is 0 Å². The molecular weight excluding hydrogens is 251 g/mol. The van der Waals surface area contributed by atoms with E-state index in [9.17, 15) is 4.39 Å². The van der Waals surface area contributed by atoms with Crippen LogP contribution in [0.1, 0.15) is 5.56 Å². The summed E-state index contributed by atoms with van der Waals surface area (Å²) in [4.78, 5) is 1.89. The lowest BCUT2D eigenvalue weighted by Gasteiger charge is -2.21. The Hall–Kier alpha value is -1.74. The third kappa shape index (κ3) is 2.74. The van der Waals surface area contributed by atoms with Crippen LogP contribution in [0, 0.1) is 5.82 Å². The Bertz CT molecular complexity index is 557. The molecule has 0 saturated carbocycles. The molecule has 0 fully saturated rings. The van der Waals surface area contributed by atoms with Gasteiger partial charge in [0, 0.05) is 18.6 Å². The topological polar surface area (TPSA) is 29.3 Å². The van der Waals surface area contributed by atoms with Gasteiger partial charge in [0.1, 0.15) is 5.82 Å². The number of anilines is 2. The largest absolute Gasteiger partial charge is 0.395 e. The molecule has 2 aromatic rings. The van der Waals surface area contributed by atoms with E-state index >= 15 is 0 Å². The summed E-state index contributed by atoms with van der Waals surface area (Å²) >= 11 is 5.93. The minimum Gasteiger partial charge on any atom is -0.395 e. The predicted molar refractivity (Wildman–Crippen MR) is 74.4 cm³/mol. The number of hydrogen-bond acceptors (Lipinski definition) is 2. The quantitative estimate of drug-likeness (QED) is 0.857. The molecule has 0 aliphatic heterocycles. The first-order valence-corrected chi connectivity index (χ1v) is 5.95. The summed E-state index contributed by atoms with van der Waals surface area (Å²) in [5.41, 5.74) is 7.62. The zero-order chi connectivity index (χ0) is 13.1. The second-order valence-electron chi connectivity index (χ2n) is 4.16. The van der Waals surface area contributed by atoms with E-state index < -0.39 is 5.82 Å². The maximum absolute atomic E-state index is 13.4. The molecule has 0 spiro atoms. The van der Waals surface area contributed by atoms with Gasteiger partial charge in [0.25, 0.3) is 0 Å². The number of nitrogens with zero attached hydrogens (tertiary/aromatic N) is 1. The molecule has 94 valence electrons. The van der Waals surface area contributed by atoms with E-state index in [1.165, 1.54) is 6.07 Å². The average molecular weight is 265 g/mol. The predicted octanol–water partition coefficient (Wildman–Crippen LogP) is 3.70. The SMILES string of the molecule is CN(Cc1cccc(Cl)c1)c1cccc(F)c1N. The van der Waals surface area contributed by atoms with Crippen molar-refractivity contribution in [1.82, 2.24) is 0 Å². The fourth-order valence-corrected chi connectivity index (χ4v) is 2.07. The number of nitrogens with two attached hydrogens (primary N) is 1. The molecule has 2 aromatic carbocycles. The van der Waals surface area contributed by atoms with Crippen molar-refractivity contribution in [3.05, 3.63) is 58.9 Å². The van der Waals surface area contributed by atoms with E-state index in [1.54, 1.807) is 12.1 Å². The fraction of sp³-hybridized carbons (Fsp3) is 0.143. The fourth-order valence-electron chi connectivity index (χ4n) is 1.85. The molecule has 2 N–H and O–H groups in total. The second kappa shape index (κ2) is 5.27. The smallest absolute Gasteiger partial charge is 0.148 e. The molecule has 2 nitrogen and oxygen atoms in total. The van der Waals surface area contributed by atoms with Gasteiger partial charge in [-0.3, -0.25) is 0 Å². The van der Waals surface area contributed by atoms with Crippen molar-refractivity contribution in [3.63, 3.8) is 0 Å². The average Bonchev–Trinajstić information content (AvgIpc) is 2.32. The maximum Gasteiger partial charge on any atom is 0.148 e. The molecule has 0 atom stereocenters. The van der Waals surface area contributed by atoms with Crippen LogP contribution < -0.4 is 10.6 Å². The second-order valence-corrected chi connectivity index (χ2v) is 4.60. The molecule has 0 aliphatic rings. The number of hydrogen-bond donors (Lipinski definition) is 1. The Morgan fingerprint density at radius 3 is 2.67 bits per heavy atom. The van der Waals surface area contributed by atoms with E-state index in [2.05, 4.69) is 0 Å². The van der Waals surface area contributed by atoms with Gasteiger partial charge in [-0.15, -0.1) is 0 Å². The van der Waals surface area contributed by atoms with Gasteiger partial charge in [-0.25, -0.2) is 4.39 Å². The van der Waals surface area contributed by atoms with Gasteiger partial charge in [0.15, 0.2) is 0 Å². The van der Waals surface area contributed by atoms with Crippen LogP contribution in [0.25, 0.3) is 0 Å². The molecule has 0 heterocycles. The van der Waals surface area contributed by atoms with Crippen LogP contribution in [0.2, 0.25) is 5.02 Å². The summed E-state index contributed by atoms with van der Waals surface area (Å²) in [5, 5.41) is 0.688. The summed E-state index contributed by atoms with van der Waals surface area (Å²) in [7, 11) is 1.87. The Morgan fingerprint density at radius 1 is 1.22 bits per heavy atom. The van der Waals surface area contributed by atoms with Crippen LogP contribution in [0.3, 0.4) is 0 Å². The molecule has 2 rings (SSSR count). The summed E-state index contributed by atoms with van der Waals surface area (Å²) in [6, 6.07) is 12.4. The number of halogens is 2. The van der Waals surface area contributed by atoms with Crippen LogP contribution in [-0.2, 0) is 6.54 Å². The van der Waals surface area contributed by atoms with Crippen molar-refractivity contribution in [1.29, 1.82) is 0 Å². The molecule has 0 aliphatic carbocycles. The van der Waals surface area contributed by atoms with Crippen molar-refractivity contribution in [2.24, 2.45) is 0 Å². The van der Waals surface area contributed by atoms with Crippen molar-refractivity contribution < 1.29 is 4.39 Å². The van der Waals surface area contributed by atoms with E-state index in [4.69, 9.17) is 17.3 Å². The standard InChI is InChI=1S/C14H14ClFN2/c1-18(9-10-4-2-5-11(15)8-10)13-7-3-6-12(16)14(13)17/h2-8H,9,17H2,1H3. The molecule has 18 heavy (non-hydrogen) atoms. The van der Waals surface area contributed by atoms with Crippen LogP contribution in [-0.4, -0.2) is 7.05 Å². The third-order valence-electron chi connectivity index (χ3n) is 2.75. The van der Waals surface area contributed by atoms with Gasteiger partial charge in [-0.1, -0.05) is 29.8 Å². The van der Waals surface area contributed by atoms with E-state index in [0.717, 1.165) is 5.56 Å². The third-order valence-corrected chi connectivity index (χ3v) is 2.99. The lowest BCUT2D eigenvalue weighted by Crippen LogP contribution is -2.18. The Kier molecular flexibility index (Phi) is 3.72. The van der Waals surface area contributed by atoms with Crippen LogP contribution in [0.5, 0.6) is 0 Å². The highest BCUT2D eigenvalue weighted by atomic mass is 35.5. The monoisotopic (exact) mass is 264 g/mol. The highest BCUT2D eigenvalue weighted by molar-refractivity contribution is 6.30. The van der Waals surface area contributed by atoms with Gasteiger partial charge in [0.05, 0.1) is 11.4 Å². The minimum atomic E-state index is -0.398. The molecule has 0 amide bonds. The van der Waals surface area contributed by atoms with Crippen molar-refractivity contribution in [2.75, 3.05) is 17.7 Å². The summed E-state index contributed by atoms with van der Waals surface area (Å²) in [6.07, 6.45) is 0. The van der Waals surface area contributed by atoms with E-state index in [1.807, 2.05) is 36.2 Å². The maximum atomic E-state index is 13.4. The molecule has 0 radical (unpaired) electrons. The molecule has 0 aromatic heterocycles. The number of nitrogen functional groups attached to an aromatic ring is 1. The zero-order valence-electron chi connectivity index (χ0n) is 10.0. The minimum absolute atomic E-state index is 0.169. The first-order valence-electron chi connectivity index (χ1n) is 5.57. The van der Waals surface area contributed by atoms with Crippen molar-refractivity contribution in [3.8, 4) is 0 Å². The van der Waals surface area contributed by atoms with Crippen LogP contribution in [0.4, 0.5) is 15.8 Å². The lowest BCUT2D eigenvalue weighted by molar-refractivity contribution is 0.632.